The van der Waals surface area contributed by atoms with E-state index in [2.05, 4.69) is 47.4 Å². The number of rotatable bonds is 5. The van der Waals surface area contributed by atoms with Gasteiger partial charge in [-0.15, -0.1) is 11.3 Å². The lowest BCUT2D eigenvalue weighted by Crippen LogP contribution is -2.22. The van der Waals surface area contributed by atoms with Gasteiger partial charge in [0.15, 0.2) is 0 Å². The summed E-state index contributed by atoms with van der Waals surface area (Å²) in [6, 6.07) is 4.90. The molecule has 0 amide bonds. The number of nitrogens with one attached hydrogen (secondary N) is 1. The predicted octanol–water partition coefficient (Wildman–Crippen LogP) is 4.01. The average molecular weight is 251 g/mol. The number of thiophene rings is 2. The number of aryl methyl sites for hydroxylation is 1. The molecule has 0 aromatic carbocycles. The molecule has 1 atom stereocenters. The Morgan fingerprint density at radius 1 is 1.31 bits per heavy atom. The second kappa shape index (κ2) is 5.62. The van der Waals surface area contributed by atoms with Crippen LogP contribution in [-0.4, -0.2) is 6.54 Å². The summed E-state index contributed by atoms with van der Waals surface area (Å²) in [5.41, 5.74) is 2.84. The number of likely N-dealkylation sites (N-methyl/N-ethyl adjacent to an activating group) is 1. The van der Waals surface area contributed by atoms with Crippen molar-refractivity contribution in [2.24, 2.45) is 0 Å². The van der Waals surface area contributed by atoms with Crippen molar-refractivity contribution in [3.63, 3.8) is 0 Å². The molecule has 0 saturated carbocycles. The van der Waals surface area contributed by atoms with Crippen molar-refractivity contribution in [3.8, 4) is 0 Å². The molecule has 0 radical (unpaired) electrons. The van der Waals surface area contributed by atoms with Gasteiger partial charge in [-0.1, -0.05) is 6.92 Å². The highest BCUT2D eigenvalue weighted by atomic mass is 32.1. The first-order chi connectivity index (χ1) is 7.81. The first kappa shape index (κ1) is 11.8. The van der Waals surface area contributed by atoms with Crippen molar-refractivity contribution in [2.75, 3.05) is 6.54 Å². The van der Waals surface area contributed by atoms with Crippen LogP contribution in [0.5, 0.6) is 0 Å². The van der Waals surface area contributed by atoms with Crippen LogP contribution in [0.15, 0.2) is 28.3 Å². The van der Waals surface area contributed by atoms with Crippen LogP contribution in [0.4, 0.5) is 0 Å². The molecule has 0 bridgehead atoms. The smallest absolute Gasteiger partial charge is 0.0458 e. The van der Waals surface area contributed by atoms with Crippen LogP contribution in [-0.2, 0) is 6.42 Å². The van der Waals surface area contributed by atoms with Gasteiger partial charge in [0, 0.05) is 10.9 Å². The summed E-state index contributed by atoms with van der Waals surface area (Å²) in [4.78, 5) is 1.48. The fourth-order valence-electron chi connectivity index (χ4n) is 1.89. The van der Waals surface area contributed by atoms with Crippen molar-refractivity contribution in [3.05, 3.63) is 44.3 Å². The zero-order valence-electron chi connectivity index (χ0n) is 9.69. The van der Waals surface area contributed by atoms with E-state index in [9.17, 15) is 0 Å². The third-order valence-corrected chi connectivity index (χ3v) is 4.55. The van der Waals surface area contributed by atoms with E-state index in [0.717, 1.165) is 13.0 Å². The molecule has 1 unspecified atom stereocenters. The van der Waals surface area contributed by atoms with Gasteiger partial charge in [-0.25, -0.2) is 0 Å². The van der Waals surface area contributed by atoms with Gasteiger partial charge in [0.25, 0.3) is 0 Å². The minimum Gasteiger partial charge on any atom is -0.309 e. The minimum absolute atomic E-state index is 0.472. The van der Waals surface area contributed by atoms with E-state index in [1.54, 1.807) is 11.3 Å². The van der Waals surface area contributed by atoms with Gasteiger partial charge in [-0.3, -0.25) is 0 Å². The molecule has 1 nitrogen and oxygen atoms in total. The molecule has 2 aromatic heterocycles. The molecule has 2 heterocycles. The summed E-state index contributed by atoms with van der Waals surface area (Å²) < 4.78 is 0. The minimum atomic E-state index is 0.472. The Balaban J connectivity index is 2.14. The van der Waals surface area contributed by atoms with Gasteiger partial charge in [0.2, 0.25) is 0 Å². The number of hydrogen-bond donors (Lipinski definition) is 1. The summed E-state index contributed by atoms with van der Waals surface area (Å²) in [7, 11) is 0. The van der Waals surface area contributed by atoms with E-state index in [1.165, 1.54) is 16.0 Å². The fraction of sp³-hybridized carbons (Fsp3) is 0.385. The maximum atomic E-state index is 3.58. The van der Waals surface area contributed by atoms with Crippen LogP contribution in [0, 0.1) is 6.92 Å². The van der Waals surface area contributed by atoms with E-state index in [1.807, 2.05) is 11.3 Å². The zero-order chi connectivity index (χ0) is 11.4. The SMILES string of the molecule is CCNC(Cc1ccsc1)c1sccc1C. The summed E-state index contributed by atoms with van der Waals surface area (Å²) in [5.74, 6) is 0. The summed E-state index contributed by atoms with van der Waals surface area (Å²) in [5, 5.41) is 10.2. The first-order valence-electron chi connectivity index (χ1n) is 5.59. The summed E-state index contributed by atoms with van der Waals surface area (Å²) >= 11 is 3.64. The normalized spacial score (nSPS) is 12.9. The van der Waals surface area contributed by atoms with Crippen molar-refractivity contribution >= 4 is 22.7 Å². The molecule has 16 heavy (non-hydrogen) atoms. The number of hydrogen-bond acceptors (Lipinski definition) is 3. The Kier molecular flexibility index (Phi) is 4.16. The largest absolute Gasteiger partial charge is 0.309 e. The standard InChI is InChI=1S/C13H17NS2/c1-3-14-12(8-11-5-6-15-9-11)13-10(2)4-7-16-13/h4-7,9,12,14H,3,8H2,1-2H3. The van der Waals surface area contributed by atoms with Crippen LogP contribution in [0.25, 0.3) is 0 Å². The van der Waals surface area contributed by atoms with Gasteiger partial charge in [-0.05, 0) is 59.3 Å². The van der Waals surface area contributed by atoms with Crippen molar-refractivity contribution in [1.29, 1.82) is 0 Å². The topological polar surface area (TPSA) is 12.0 Å². The maximum absolute atomic E-state index is 3.58. The monoisotopic (exact) mass is 251 g/mol. The van der Waals surface area contributed by atoms with Crippen molar-refractivity contribution < 1.29 is 0 Å². The van der Waals surface area contributed by atoms with E-state index in [4.69, 9.17) is 0 Å². The van der Waals surface area contributed by atoms with Gasteiger partial charge in [0.1, 0.15) is 0 Å². The Labute approximate surface area is 105 Å². The molecular weight excluding hydrogens is 234 g/mol. The van der Waals surface area contributed by atoms with Crippen LogP contribution < -0.4 is 5.32 Å². The summed E-state index contributed by atoms with van der Waals surface area (Å²) in [6.45, 7) is 5.39. The molecule has 0 fully saturated rings. The third kappa shape index (κ3) is 2.73. The molecule has 0 aliphatic heterocycles. The Bertz CT molecular complexity index is 417. The molecule has 3 heteroatoms. The first-order valence-corrected chi connectivity index (χ1v) is 7.42. The highest BCUT2D eigenvalue weighted by Crippen LogP contribution is 2.27. The van der Waals surface area contributed by atoms with Crippen molar-refractivity contribution in [1.82, 2.24) is 5.32 Å². The molecule has 86 valence electrons. The lowest BCUT2D eigenvalue weighted by Gasteiger charge is -2.17. The fourth-order valence-corrected chi connectivity index (χ4v) is 3.58. The predicted molar refractivity (Wildman–Crippen MR) is 73.5 cm³/mol. The van der Waals surface area contributed by atoms with Gasteiger partial charge >= 0.3 is 0 Å². The molecule has 0 aliphatic carbocycles. The molecule has 2 rings (SSSR count). The molecule has 2 aromatic rings. The third-order valence-electron chi connectivity index (χ3n) is 2.69. The van der Waals surface area contributed by atoms with E-state index in [0.29, 0.717) is 6.04 Å². The summed E-state index contributed by atoms with van der Waals surface area (Å²) in [6.07, 6.45) is 1.10. The van der Waals surface area contributed by atoms with Gasteiger partial charge < -0.3 is 5.32 Å². The van der Waals surface area contributed by atoms with Gasteiger partial charge in [0.05, 0.1) is 0 Å². The Morgan fingerprint density at radius 2 is 2.19 bits per heavy atom. The van der Waals surface area contributed by atoms with Crippen molar-refractivity contribution in [2.45, 2.75) is 26.3 Å². The lowest BCUT2D eigenvalue weighted by molar-refractivity contribution is 0.557. The molecule has 0 aliphatic rings. The van der Waals surface area contributed by atoms with Crippen LogP contribution in [0.1, 0.15) is 29.0 Å². The molecule has 1 N–H and O–H groups in total. The second-order valence-corrected chi connectivity index (χ2v) is 5.64. The Hall–Kier alpha value is -0.640. The van der Waals surface area contributed by atoms with Crippen LogP contribution in [0.3, 0.4) is 0 Å². The van der Waals surface area contributed by atoms with E-state index in [-0.39, 0.29) is 0 Å². The van der Waals surface area contributed by atoms with Crippen LogP contribution in [0.2, 0.25) is 0 Å². The van der Waals surface area contributed by atoms with E-state index >= 15 is 0 Å². The van der Waals surface area contributed by atoms with Crippen LogP contribution >= 0.6 is 22.7 Å². The highest BCUT2D eigenvalue weighted by Gasteiger charge is 2.14. The maximum Gasteiger partial charge on any atom is 0.0458 e. The van der Waals surface area contributed by atoms with E-state index < -0.39 is 0 Å². The Morgan fingerprint density at radius 3 is 2.75 bits per heavy atom. The molecular formula is C13H17NS2. The zero-order valence-corrected chi connectivity index (χ0v) is 11.3. The molecule has 0 saturated heterocycles. The highest BCUT2D eigenvalue weighted by molar-refractivity contribution is 7.10. The second-order valence-electron chi connectivity index (χ2n) is 3.91. The average Bonchev–Trinajstić information content (AvgIpc) is 2.88. The lowest BCUT2D eigenvalue weighted by atomic mass is 10.1. The molecule has 0 spiro atoms. The van der Waals surface area contributed by atoms with Gasteiger partial charge in [-0.2, -0.15) is 11.3 Å². The quantitative estimate of drug-likeness (QED) is 0.846.